The molecule has 1 aromatic rings. The Labute approximate surface area is 156 Å². The third kappa shape index (κ3) is 5.18. The Morgan fingerprint density at radius 1 is 1.35 bits per heavy atom. The van der Waals surface area contributed by atoms with Crippen molar-refractivity contribution in [1.29, 1.82) is 0 Å². The summed E-state index contributed by atoms with van der Waals surface area (Å²) in [5, 5.41) is 2.95. The van der Waals surface area contributed by atoms with Gasteiger partial charge in [-0.2, -0.15) is 17.0 Å². The maximum atomic E-state index is 12.4. The molecule has 2 rings (SSSR count). The van der Waals surface area contributed by atoms with Gasteiger partial charge in [-0.3, -0.25) is 4.79 Å². The highest BCUT2D eigenvalue weighted by atomic mass is 32.2. The number of hydrogen-bond donors (Lipinski definition) is 1. The molecule has 1 N–H and O–H groups in total. The molecule has 1 aliphatic heterocycles. The molecule has 1 amide bonds. The Bertz CT molecular complexity index is 706. The highest BCUT2D eigenvalue weighted by Gasteiger charge is 2.33. The number of ether oxygens (including phenoxy) is 1. The van der Waals surface area contributed by atoms with Crippen LogP contribution in [0.1, 0.15) is 24.8 Å². The van der Waals surface area contributed by atoms with E-state index in [0.717, 1.165) is 30.6 Å². The van der Waals surface area contributed by atoms with Gasteiger partial charge in [0.05, 0.1) is 13.0 Å². The van der Waals surface area contributed by atoms with Crippen molar-refractivity contribution in [2.24, 2.45) is 5.92 Å². The number of methoxy groups -OCH3 is 1. The Morgan fingerprint density at radius 2 is 2.08 bits per heavy atom. The van der Waals surface area contributed by atoms with Crippen LogP contribution in [0.3, 0.4) is 0 Å². The molecule has 8 heteroatoms. The monoisotopic (exact) mass is 383 g/mol. The number of carbonyl (C=O) groups excluding carboxylic acids is 1. The van der Waals surface area contributed by atoms with E-state index in [2.05, 4.69) is 5.32 Å². The lowest BCUT2D eigenvalue weighted by molar-refractivity contribution is -0.126. The molecule has 0 saturated carbocycles. The highest BCUT2D eigenvalue weighted by Crippen LogP contribution is 2.21. The number of nitrogens with one attached hydrogen (secondary N) is 1. The van der Waals surface area contributed by atoms with E-state index in [1.54, 1.807) is 7.11 Å². The molecular weight excluding hydrogens is 354 g/mol. The van der Waals surface area contributed by atoms with Crippen molar-refractivity contribution in [2.75, 3.05) is 40.8 Å². The molecule has 0 aromatic heterocycles. The second kappa shape index (κ2) is 9.34. The fourth-order valence-electron chi connectivity index (χ4n) is 3.14. The van der Waals surface area contributed by atoms with E-state index in [1.165, 1.54) is 22.7 Å². The van der Waals surface area contributed by atoms with Crippen LogP contribution in [0.15, 0.2) is 24.3 Å². The summed E-state index contributed by atoms with van der Waals surface area (Å²) in [7, 11) is 1.21. The number of amides is 1. The smallest absolute Gasteiger partial charge is 0.281 e. The van der Waals surface area contributed by atoms with Crippen LogP contribution in [0.4, 0.5) is 0 Å². The minimum absolute atomic E-state index is 0.0660. The second-order valence-electron chi connectivity index (χ2n) is 6.69. The van der Waals surface area contributed by atoms with Crippen molar-refractivity contribution >= 4 is 16.1 Å². The zero-order valence-electron chi connectivity index (χ0n) is 15.8. The van der Waals surface area contributed by atoms with Crippen LogP contribution < -0.4 is 10.1 Å². The minimum atomic E-state index is -3.46. The van der Waals surface area contributed by atoms with Crippen molar-refractivity contribution in [2.45, 2.75) is 25.7 Å². The van der Waals surface area contributed by atoms with E-state index in [9.17, 15) is 13.2 Å². The first-order valence-electron chi connectivity index (χ1n) is 8.93. The summed E-state index contributed by atoms with van der Waals surface area (Å²) >= 11 is 0. The second-order valence-corrected chi connectivity index (χ2v) is 8.84. The minimum Gasteiger partial charge on any atom is -0.496 e. The molecule has 146 valence electrons. The molecule has 1 aromatic carbocycles. The molecule has 0 radical (unpaired) electrons. The Kier molecular flexibility index (Phi) is 7.43. The van der Waals surface area contributed by atoms with Gasteiger partial charge >= 0.3 is 0 Å². The van der Waals surface area contributed by atoms with Crippen LogP contribution in [0.2, 0.25) is 0 Å². The fourth-order valence-corrected chi connectivity index (χ4v) is 4.33. The molecule has 1 heterocycles. The van der Waals surface area contributed by atoms with E-state index in [-0.39, 0.29) is 18.4 Å². The number of nitrogens with zero attached hydrogens (tertiary/aromatic N) is 2. The predicted octanol–water partition coefficient (Wildman–Crippen LogP) is 1.26. The third-order valence-electron chi connectivity index (χ3n) is 4.66. The summed E-state index contributed by atoms with van der Waals surface area (Å²) in [6.45, 7) is 1.28. The zero-order valence-corrected chi connectivity index (χ0v) is 16.6. The standard InChI is InChI=1S/C18H29N3O4S/c1-20(2)26(23,24)21-13-7-10-16(14-21)18(22)19-12-6-9-15-8-4-5-11-17(15)25-3/h4-5,8,11,16H,6-7,9-10,12-14H2,1-3H3,(H,19,22)/t16-/m1/s1. The zero-order chi connectivity index (χ0) is 19.2. The maximum Gasteiger partial charge on any atom is 0.281 e. The lowest BCUT2D eigenvalue weighted by Crippen LogP contribution is -2.48. The number of aryl methyl sites for hydroxylation is 1. The first-order valence-corrected chi connectivity index (χ1v) is 10.3. The van der Waals surface area contributed by atoms with E-state index in [1.807, 2.05) is 24.3 Å². The van der Waals surface area contributed by atoms with Gasteiger partial charge in [-0.1, -0.05) is 18.2 Å². The number of piperidine rings is 1. The molecule has 1 aliphatic rings. The van der Waals surface area contributed by atoms with Crippen LogP contribution in [-0.4, -0.2) is 63.8 Å². The Morgan fingerprint density at radius 3 is 2.77 bits per heavy atom. The quantitative estimate of drug-likeness (QED) is 0.686. The molecular formula is C18H29N3O4S. The fraction of sp³-hybridized carbons (Fsp3) is 0.611. The first-order chi connectivity index (χ1) is 12.4. The average Bonchev–Trinajstić information content (AvgIpc) is 2.65. The number of hydrogen-bond acceptors (Lipinski definition) is 4. The van der Waals surface area contributed by atoms with Gasteiger partial charge < -0.3 is 10.1 Å². The SMILES string of the molecule is COc1ccccc1CCCNC(=O)[C@@H]1CCCN(S(=O)(=O)N(C)C)C1. The van der Waals surface area contributed by atoms with Crippen molar-refractivity contribution in [3.8, 4) is 5.75 Å². The topological polar surface area (TPSA) is 79.0 Å². The van der Waals surface area contributed by atoms with Crippen LogP contribution in [-0.2, 0) is 21.4 Å². The summed E-state index contributed by atoms with van der Waals surface area (Å²) in [6.07, 6.45) is 3.04. The molecule has 0 aliphatic carbocycles. The van der Waals surface area contributed by atoms with Crippen molar-refractivity contribution in [1.82, 2.24) is 13.9 Å². The number of rotatable bonds is 8. The summed E-state index contributed by atoms with van der Waals surface area (Å²) < 4.78 is 32.4. The molecule has 0 spiro atoms. The van der Waals surface area contributed by atoms with Crippen LogP contribution in [0.25, 0.3) is 0 Å². The van der Waals surface area contributed by atoms with Crippen molar-refractivity contribution in [3.63, 3.8) is 0 Å². The van der Waals surface area contributed by atoms with Crippen LogP contribution in [0.5, 0.6) is 5.75 Å². The summed E-state index contributed by atoms with van der Waals surface area (Å²) in [5.41, 5.74) is 1.12. The largest absolute Gasteiger partial charge is 0.496 e. The highest BCUT2D eigenvalue weighted by molar-refractivity contribution is 7.86. The molecule has 0 bridgehead atoms. The lowest BCUT2D eigenvalue weighted by Gasteiger charge is -2.32. The summed E-state index contributed by atoms with van der Waals surface area (Å²) in [5.74, 6) is 0.504. The molecule has 26 heavy (non-hydrogen) atoms. The lowest BCUT2D eigenvalue weighted by atomic mass is 9.99. The Hall–Kier alpha value is -1.64. The van der Waals surface area contributed by atoms with Gasteiger partial charge in [-0.25, -0.2) is 0 Å². The van der Waals surface area contributed by atoms with Gasteiger partial charge in [0.2, 0.25) is 5.91 Å². The molecule has 1 fully saturated rings. The van der Waals surface area contributed by atoms with Gasteiger partial charge in [0.1, 0.15) is 5.75 Å². The predicted molar refractivity (Wildman–Crippen MR) is 101 cm³/mol. The normalized spacial score (nSPS) is 18.7. The molecule has 1 atom stereocenters. The van der Waals surface area contributed by atoms with Gasteiger partial charge in [0, 0.05) is 33.7 Å². The van der Waals surface area contributed by atoms with Gasteiger partial charge in [-0.15, -0.1) is 0 Å². The first kappa shape index (κ1) is 20.7. The average molecular weight is 384 g/mol. The van der Waals surface area contributed by atoms with Crippen molar-refractivity contribution < 1.29 is 17.9 Å². The van der Waals surface area contributed by atoms with Crippen molar-refractivity contribution in [3.05, 3.63) is 29.8 Å². The van der Waals surface area contributed by atoms with E-state index in [0.29, 0.717) is 19.5 Å². The van der Waals surface area contributed by atoms with E-state index in [4.69, 9.17) is 4.74 Å². The summed E-state index contributed by atoms with van der Waals surface area (Å²) in [6, 6.07) is 7.85. The van der Waals surface area contributed by atoms with Crippen LogP contribution in [0, 0.1) is 5.92 Å². The Balaban J connectivity index is 1.80. The number of carbonyl (C=O) groups is 1. The summed E-state index contributed by atoms with van der Waals surface area (Å²) in [4.78, 5) is 12.4. The third-order valence-corrected chi connectivity index (χ3v) is 6.56. The van der Waals surface area contributed by atoms with Gasteiger partial charge in [-0.05, 0) is 37.3 Å². The van der Waals surface area contributed by atoms with Crippen LogP contribution >= 0.6 is 0 Å². The van der Waals surface area contributed by atoms with E-state index >= 15 is 0 Å². The molecule has 7 nitrogen and oxygen atoms in total. The maximum absolute atomic E-state index is 12.4. The molecule has 1 saturated heterocycles. The van der Waals surface area contributed by atoms with Gasteiger partial charge in [0.25, 0.3) is 10.2 Å². The van der Waals surface area contributed by atoms with E-state index < -0.39 is 10.2 Å². The molecule has 0 unspecified atom stereocenters. The van der Waals surface area contributed by atoms with Gasteiger partial charge in [0.15, 0.2) is 0 Å². The number of para-hydroxylation sites is 1. The number of benzene rings is 1.